The first-order valence-electron chi connectivity index (χ1n) is 6.25. The smallest absolute Gasteiger partial charge is 0.367 e. The molecular formula is C12H15F3N2O2S. The maximum Gasteiger partial charge on any atom is 0.417 e. The van der Waals surface area contributed by atoms with Crippen LogP contribution in [0.5, 0.6) is 0 Å². The monoisotopic (exact) mass is 308 g/mol. The summed E-state index contributed by atoms with van der Waals surface area (Å²) in [5.74, 6) is 0.395. The number of pyridine rings is 1. The Balaban J connectivity index is 1.90. The van der Waals surface area contributed by atoms with E-state index in [1.54, 1.807) is 0 Å². The molecule has 2 N–H and O–H groups in total. The highest BCUT2D eigenvalue weighted by Crippen LogP contribution is 2.29. The first kappa shape index (κ1) is 15.2. The molecule has 1 atom stereocenters. The van der Waals surface area contributed by atoms with Crippen LogP contribution in [0.25, 0.3) is 0 Å². The molecule has 1 aliphatic carbocycles. The number of alkyl halides is 3. The fraction of sp³-hybridized carbons (Fsp3) is 0.583. The van der Waals surface area contributed by atoms with E-state index >= 15 is 0 Å². The molecule has 20 heavy (non-hydrogen) atoms. The molecule has 1 aromatic heterocycles. The van der Waals surface area contributed by atoms with Gasteiger partial charge >= 0.3 is 6.18 Å². The van der Waals surface area contributed by atoms with Gasteiger partial charge < -0.3 is 9.87 Å². The molecule has 0 aromatic carbocycles. The normalized spacial score (nSPS) is 25.2. The van der Waals surface area contributed by atoms with Crippen molar-refractivity contribution in [3.05, 3.63) is 23.9 Å². The van der Waals surface area contributed by atoms with Crippen LogP contribution in [0.15, 0.2) is 18.3 Å². The van der Waals surface area contributed by atoms with Gasteiger partial charge in [0.2, 0.25) is 0 Å². The Morgan fingerprint density at radius 1 is 1.25 bits per heavy atom. The van der Waals surface area contributed by atoms with E-state index in [0.717, 1.165) is 12.3 Å². The van der Waals surface area contributed by atoms with Crippen LogP contribution in [0.4, 0.5) is 19.0 Å². The van der Waals surface area contributed by atoms with Gasteiger partial charge in [0.1, 0.15) is 5.82 Å². The van der Waals surface area contributed by atoms with Gasteiger partial charge in [-0.25, -0.2) is 9.19 Å². The molecule has 8 heteroatoms. The minimum Gasteiger partial charge on any atom is -0.367 e. The van der Waals surface area contributed by atoms with Crippen molar-refractivity contribution in [2.75, 3.05) is 5.32 Å². The average molecular weight is 308 g/mol. The molecule has 1 aromatic rings. The summed E-state index contributed by atoms with van der Waals surface area (Å²) >= 11 is -1.79. The Labute approximate surface area is 117 Å². The quantitative estimate of drug-likeness (QED) is 0.843. The van der Waals surface area contributed by atoms with E-state index in [1.165, 1.54) is 6.07 Å². The average Bonchev–Trinajstić information content (AvgIpc) is 2.39. The van der Waals surface area contributed by atoms with Gasteiger partial charge in [-0.1, -0.05) is 0 Å². The number of nitrogens with one attached hydrogen (secondary N) is 1. The predicted molar refractivity (Wildman–Crippen MR) is 69.7 cm³/mol. The number of aromatic nitrogens is 1. The van der Waals surface area contributed by atoms with Crippen molar-refractivity contribution in [2.24, 2.45) is 0 Å². The van der Waals surface area contributed by atoms with E-state index in [2.05, 4.69) is 10.3 Å². The molecule has 0 radical (unpaired) electrons. The number of nitrogens with zero attached hydrogens (tertiary/aromatic N) is 1. The van der Waals surface area contributed by atoms with Crippen LogP contribution < -0.4 is 5.32 Å². The van der Waals surface area contributed by atoms with Crippen LogP contribution in [0.3, 0.4) is 0 Å². The number of hydrogen-bond acceptors (Lipinski definition) is 3. The molecule has 0 saturated heterocycles. The molecule has 0 bridgehead atoms. The molecule has 0 spiro atoms. The summed E-state index contributed by atoms with van der Waals surface area (Å²) in [4.78, 5) is 3.75. The van der Waals surface area contributed by atoms with Crippen LogP contribution in [-0.2, 0) is 17.3 Å². The molecule has 0 aliphatic heterocycles. The summed E-state index contributed by atoms with van der Waals surface area (Å²) in [6.07, 6.45) is -0.909. The number of rotatable bonds is 3. The summed E-state index contributed by atoms with van der Waals surface area (Å²) in [6, 6.07) is 2.38. The van der Waals surface area contributed by atoms with Crippen LogP contribution in [-0.4, -0.2) is 25.0 Å². The summed E-state index contributed by atoms with van der Waals surface area (Å²) in [5, 5.41) is 2.86. The van der Waals surface area contributed by atoms with E-state index in [9.17, 15) is 17.4 Å². The SMILES string of the molecule is O=S(O)C1CCC(Nc2ccc(C(F)(F)F)cn2)CC1. The van der Waals surface area contributed by atoms with E-state index < -0.39 is 22.8 Å². The zero-order chi connectivity index (χ0) is 14.8. The molecule has 1 fully saturated rings. The molecule has 2 rings (SSSR count). The van der Waals surface area contributed by atoms with Crippen molar-refractivity contribution in [1.29, 1.82) is 0 Å². The van der Waals surface area contributed by atoms with Crippen LogP contribution >= 0.6 is 0 Å². The van der Waals surface area contributed by atoms with Crippen molar-refractivity contribution < 1.29 is 21.9 Å². The highest BCUT2D eigenvalue weighted by atomic mass is 32.2. The molecule has 1 saturated carbocycles. The predicted octanol–water partition coefficient (Wildman–Crippen LogP) is 3.05. The second-order valence-electron chi connectivity index (χ2n) is 4.82. The molecule has 4 nitrogen and oxygen atoms in total. The summed E-state index contributed by atoms with van der Waals surface area (Å²) in [6.45, 7) is 0. The topological polar surface area (TPSA) is 62.2 Å². The largest absolute Gasteiger partial charge is 0.417 e. The first-order chi connectivity index (χ1) is 9.36. The first-order valence-corrected chi connectivity index (χ1v) is 7.42. The minimum atomic E-state index is -4.38. The minimum absolute atomic E-state index is 0.0824. The standard InChI is InChI=1S/C12H15F3N2O2S/c13-12(14,15)8-1-6-11(16-7-8)17-9-2-4-10(5-3-9)20(18)19/h1,6-7,9-10H,2-5H2,(H,16,17)(H,18,19). The zero-order valence-corrected chi connectivity index (χ0v) is 11.4. The Kier molecular flexibility index (Phi) is 4.64. The van der Waals surface area contributed by atoms with Crippen LogP contribution in [0, 0.1) is 0 Å². The van der Waals surface area contributed by atoms with E-state index in [4.69, 9.17) is 4.55 Å². The Morgan fingerprint density at radius 3 is 2.35 bits per heavy atom. The van der Waals surface area contributed by atoms with Gasteiger partial charge in [-0.05, 0) is 37.8 Å². The third-order valence-corrected chi connectivity index (χ3v) is 4.44. The Hall–Kier alpha value is -1.15. The Bertz CT molecular complexity index is 471. The molecule has 1 unspecified atom stereocenters. The van der Waals surface area contributed by atoms with Gasteiger partial charge in [0.25, 0.3) is 0 Å². The van der Waals surface area contributed by atoms with Gasteiger partial charge in [-0.2, -0.15) is 13.2 Å². The highest BCUT2D eigenvalue weighted by molar-refractivity contribution is 7.79. The van der Waals surface area contributed by atoms with Gasteiger partial charge in [0.05, 0.1) is 10.8 Å². The van der Waals surface area contributed by atoms with E-state index in [-0.39, 0.29) is 11.3 Å². The fourth-order valence-corrected chi connectivity index (χ4v) is 2.94. The third kappa shape index (κ3) is 3.92. The Morgan fingerprint density at radius 2 is 1.90 bits per heavy atom. The van der Waals surface area contributed by atoms with Crippen LogP contribution in [0.1, 0.15) is 31.2 Å². The van der Waals surface area contributed by atoms with Crippen molar-refractivity contribution in [1.82, 2.24) is 4.98 Å². The number of anilines is 1. The lowest BCUT2D eigenvalue weighted by Gasteiger charge is -2.27. The maximum atomic E-state index is 12.4. The van der Waals surface area contributed by atoms with Crippen molar-refractivity contribution in [2.45, 2.75) is 43.2 Å². The number of hydrogen-bond donors (Lipinski definition) is 2. The highest BCUT2D eigenvalue weighted by Gasteiger charge is 2.31. The molecule has 1 heterocycles. The van der Waals surface area contributed by atoms with E-state index in [1.807, 2.05) is 0 Å². The van der Waals surface area contributed by atoms with Gasteiger partial charge in [-0.15, -0.1) is 0 Å². The molecular weight excluding hydrogens is 293 g/mol. The lowest BCUT2D eigenvalue weighted by Crippen LogP contribution is -2.30. The van der Waals surface area contributed by atoms with Crippen molar-refractivity contribution in [3.8, 4) is 0 Å². The van der Waals surface area contributed by atoms with Gasteiger partial charge in [-0.3, -0.25) is 0 Å². The lowest BCUT2D eigenvalue weighted by molar-refractivity contribution is -0.137. The van der Waals surface area contributed by atoms with Gasteiger partial charge in [0.15, 0.2) is 11.1 Å². The van der Waals surface area contributed by atoms with Crippen LogP contribution in [0.2, 0.25) is 0 Å². The summed E-state index contributed by atoms with van der Waals surface area (Å²) < 4.78 is 57.1. The second-order valence-corrected chi connectivity index (χ2v) is 6.04. The lowest BCUT2D eigenvalue weighted by atomic mass is 9.95. The number of halogens is 3. The van der Waals surface area contributed by atoms with E-state index in [0.29, 0.717) is 31.5 Å². The molecule has 0 amide bonds. The fourth-order valence-electron chi connectivity index (χ4n) is 2.26. The van der Waals surface area contributed by atoms with Crippen molar-refractivity contribution >= 4 is 16.9 Å². The second kappa shape index (κ2) is 6.09. The molecule has 1 aliphatic rings. The zero-order valence-electron chi connectivity index (χ0n) is 10.6. The summed E-state index contributed by atoms with van der Waals surface area (Å²) in [7, 11) is 0. The van der Waals surface area contributed by atoms with Gasteiger partial charge in [0, 0.05) is 12.2 Å². The summed E-state index contributed by atoms with van der Waals surface area (Å²) in [5.41, 5.74) is -0.776. The maximum absolute atomic E-state index is 12.4. The molecule has 112 valence electrons. The van der Waals surface area contributed by atoms with Crippen molar-refractivity contribution in [3.63, 3.8) is 0 Å². The third-order valence-electron chi connectivity index (χ3n) is 3.40.